The van der Waals surface area contributed by atoms with Crippen LogP contribution in [0.3, 0.4) is 0 Å². The zero-order chi connectivity index (χ0) is 13.8. The summed E-state index contributed by atoms with van der Waals surface area (Å²) in [5, 5.41) is 0. The van der Waals surface area contributed by atoms with E-state index in [1.54, 1.807) is 6.07 Å². The van der Waals surface area contributed by atoms with Crippen LogP contribution in [-0.2, 0) is 0 Å². The van der Waals surface area contributed by atoms with Crippen LogP contribution in [-0.4, -0.2) is 17.6 Å². The molecule has 0 aliphatic heterocycles. The molecule has 1 saturated carbocycles. The minimum Gasteiger partial charge on any atom is -0.389 e. The van der Waals surface area contributed by atoms with Crippen molar-refractivity contribution < 1.29 is 4.39 Å². The van der Waals surface area contributed by atoms with E-state index in [4.69, 9.17) is 18.0 Å². The molecule has 2 nitrogen and oxygen atoms in total. The zero-order valence-electron chi connectivity index (χ0n) is 11.4. The normalized spacial score (nSPS) is 16.3. The molecule has 0 saturated heterocycles. The summed E-state index contributed by atoms with van der Waals surface area (Å²) >= 11 is 5.02. The number of nitrogens with two attached hydrogens (primary N) is 1. The van der Waals surface area contributed by atoms with E-state index in [1.165, 1.54) is 38.2 Å². The molecule has 1 aliphatic rings. The maximum atomic E-state index is 14.0. The van der Waals surface area contributed by atoms with E-state index >= 15 is 0 Å². The number of hydrogen-bond donors (Lipinski definition) is 1. The Labute approximate surface area is 119 Å². The Balaban J connectivity index is 2.37. The number of hydrogen-bond acceptors (Lipinski definition) is 2. The molecule has 0 aromatic heterocycles. The molecule has 1 aromatic carbocycles. The molecular weight excluding hydrogens is 259 g/mol. The lowest BCUT2D eigenvalue weighted by atomic mass is 9.93. The van der Waals surface area contributed by atoms with Crippen molar-refractivity contribution in [3.63, 3.8) is 0 Å². The van der Waals surface area contributed by atoms with Crippen molar-refractivity contribution in [2.45, 2.75) is 45.1 Å². The smallest absolute Gasteiger partial charge is 0.135 e. The van der Waals surface area contributed by atoms with Crippen LogP contribution < -0.4 is 10.6 Å². The van der Waals surface area contributed by atoms with Gasteiger partial charge in [0.2, 0.25) is 0 Å². The number of anilines is 1. The summed E-state index contributed by atoms with van der Waals surface area (Å²) < 4.78 is 14.0. The highest BCUT2D eigenvalue weighted by molar-refractivity contribution is 7.80. The number of nitrogens with zero attached hydrogens (tertiary/aromatic N) is 1. The number of thiocarbonyl (C=S) groups is 1. The average molecular weight is 280 g/mol. The SMILES string of the molecule is CCN(c1cccc(F)c1C(N)=S)C1CCCCC1. The first-order valence-corrected chi connectivity index (χ1v) is 7.41. The Bertz CT molecular complexity index is 455. The molecule has 19 heavy (non-hydrogen) atoms. The third kappa shape index (κ3) is 3.06. The summed E-state index contributed by atoms with van der Waals surface area (Å²) in [7, 11) is 0. The minimum atomic E-state index is -0.320. The van der Waals surface area contributed by atoms with Crippen LogP contribution in [0.15, 0.2) is 18.2 Å². The van der Waals surface area contributed by atoms with Gasteiger partial charge in [-0.3, -0.25) is 0 Å². The van der Waals surface area contributed by atoms with Gasteiger partial charge in [-0.25, -0.2) is 4.39 Å². The van der Waals surface area contributed by atoms with Crippen molar-refractivity contribution in [3.05, 3.63) is 29.6 Å². The van der Waals surface area contributed by atoms with Crippen molar-refractivity contribution in [2.24, 2.45) is 5.73 Å². The van der Waals surface area contributed by atoms with Gasteiger partial charge in [0, 0.05) is 12.6 Å². The van der Waals surface area contributed by atoms with Crippen LogP contribution in [0.2, 0.25) is 0 Å². The summed E-state index contributed by atoms with van der Waals surface area (Å²) in [4.78, 5) is 2.40. The van der Waals surface area contributed by atoms with Crippen LogP contribution in [0.1, 0.15) is 44.6 Å². The van der Waals surface area contributed by atoms with Crippen LogP contribution in [0.4, 0.5) is 10.1 Å². The Morgan fingerprint density at radius 1 is 1.37 bits per heavy atom. The first-order valence-electron chi connectivity index (χ1n) is 7.00. The third-order valence-electron chi connectivity index (χ3n) is 3.90. The molecule has 0 atom stereocenters. The lowest BCUT2D eigenvalue weighted by Crippen LogP contribution is -2.38. The van der Waals surface area contributed by atoms with E-state index in [2.05, 4.69) is 11.8 Å². The van der Waals surface area contributed by atoms with Crippen molar-refractivity contribution in [3.8, 4) is 0 Å². The summed E-state index contributed by atoms with van der Waals surface area (Å²) in [6, 6.07) is 5.56. The maximum absolute atomic E-state index is 14.0. The Kier molecular flexibility index (Phi) is 4.75. The fourth-order valence-electron chi connectivity index (χ4n) is 3.01. The van der Waals surface area contributed by atoms with E-state index in [-0.39, 0.29) is 10.8 Å². The second-order valence-corrected chi connectivity index (χ2v) is 5.52. The summed E-state index contributed by atoms with van der Waals surface area (Å²) in [6.07, 6.45) is 6.14. The van der Waals surface area contributed by atoms with E-state index in [9.17, 15) is 4.39 Å². The zero-order valence-corrected chi connectivity index (χ0v) is 12.2. The highest BCUT2D eigenvalue weighted by Gasteiger charge is 2.24. The topological polar surface area (TPSA) is 29.3 Å². The van der Waals surface area contributed by atoms with Crippen molar-refractivity contribution >= 4 is 22.9 Å². The molecule has 0 amide bonds. The first-order chi connectivity index (χ1) is 9.15. The predicted molar refractivity (Wildman–Crippen MR) is 82.2 cm³/mol. The monoisotopic (exact) mass is 280 g/mol. The highest BCUT2D eigenvalue weighted by Crippen LogP contribution is 2.30. The number of rotatable bonds is 4. The summed E-state index contributed by atoms with van der Waals surface area (Å²) in [5.74, 6) is -0.320. The van der Waals surface area contributed by atoms with E-state index in [0.29, 0.717) is 11.6 Å². The highest BCUT2D eigenvalue weighted by atomic mass is 32.1. The molecule has 0 radical (unpaired) electrons. The Morgan fingerprint density at radius 3 is 2.63 bits per heavy atom. The number of benzene rings is 1. The fraction of sp³-hybridized carbons (Fsp3) is 0.533. The lowest BCUT2D eigenvalue weighted by molar-refractivity contribution is 0.417. The first kappa shape index (κ1) is 14.3. The molecule has 0 unspecified atom stereocenters. The molecular formula is C15H21FN2S. The van der Waals surface area contributed by atoms with Gasteiger partial charge >= 0.3 is 0 Å². The molecule has 1 fully saturated rings. The van der Waals surface area contributed by atoms with Crippen LogP contribution in [0, 0.1) is 5.82 Å². The van der Waals surface area contributed by atoms with Gasteiger partial charge in [0.1, 0.15) is 10.8 Å². The van der Waals surface area contributed by atoms with Gasteiger partial charge < -0.3 is 10.6 Å². The molecule has 4 heteroatoms. The molecule has 2 rings (SSSR count). The van der Waals surface area contributed by atoms with Gasteiger partial charge in [0.25, 0.3) is 0 Å². The number of halogens is 1. The van der Waals surface area contributed by atoms with Gasteiger partial charge in [-0.15, -0.1) is 0 Å². The summed E-state index contributed by atoms with van der Waals surface area (Å²) in [5.41, 5.74) is 6.94. The summed E-state index contributed by atoms with van der Waals surface area (Å²) in [6.45, 7) is 2.95. The molecule has 0 heterocycles. The van der Waals surface area contributed by atoms with E-state index in [1.807, 2.05) is 6.07 Å². The minimum absolute atomic E-state index is 0.141. The van der Waals surface area contributed by atoms with Crippen LogP contribution in [0.5, 0.6) is 0 Å². The third-order valence-corrected chi connectivity index (χ3v) is 4.11. The molecule has 1 aliphatic carbocycles. The molecule has 104 valence electrons. The van der Waals surface area contributed by atoms with Gasteiger partial charge in [0.05, 0.1) is 11.3 Å². The second-order valence-electron chi connectivity index (χ2n) is 5.08. The largest absolute Gasteiger partial charge is 0.389 e. The standard InChI is InChI=1S/C15H21FN2S/c1-2-18(11-7-4-3-5-8-11)13-10-6-9-12(16)14(13)15(17)19/h6,9-11H,2-5,7-8H2,1H3,(H2,17,19). The molecule has 0 spiro atoms. The Morgan fingerprint density at radius 2 is 2.05 bits per heavy atom. The van der Waals surface area contributed by atoms with E-state index < -0.39 is 0 Å². The van der Waals surface area contributed by atoms with Crippen LogP contribution in [0.25, 0.3) is 0 Å². The van der Waals surface area contributed by atoms with Gasteiger partial charge in [0.15, 0.2) is 0 Å². The fourth-order valence-corrected chi connectivity index (χ4v) is 3.22. The van der Waals surface area contributed by atoms with Gasteiger partial charge in [-0.05, 0) is 31.9 Å². The van der Waals surface area contributed by atoms with Crippen molar-refractivity contribution in [2.75, 3.05) is 11.4 Å². The Hall–Kier alpha value is -1.16. The predicted octanol–water partition coefficient (Wildman–Crippen LogP) is 3.62. The van der Waals surface area contributed by atoms with Crippen LogP contribution >= 0.6 is 12.2 Å². The van der Waals surface area contributed by atoms with Gasteiger partial charge in [-0.2, -0.15) is 0 Å². The van der Waals surface area contributed by atoms with E-state index in [0.717, 1.165) is 12.2 Å². The maximum Gasteiger partial charge on any atom is 0.135 e. The average Bonchev–Trinajstić information content (AvgIpc) is 2.40. The molecule has 1 aromatic rings. The molecule has 2 N–H and O–H groups in total. The van der Waals surface area contributed by atoms with Crippen molar-refractivity contribution in [1.29, 1.82) is 0 Å². The quantitative estimate of drug-likeness (QED) is 0.854. The lowest BCUT2D eigenvalue weighted by Gasteiger charge is -2.36. The van der Waals surface area contributed by atoms with Crippen molar-refractivity contribution in [1.82, 2.24) is 0 Å². The molecule has 0 bridgehead atoms. The van der Waals surface area contributed by atoms with Gasteiger partial charge in [-0.1, -0.05) is 37.5 Å². The second kappa shape index (κ2) is 6.33.